The van der Waals surface area contributed by atoms with Crippen LogP contribution in [0.1, 0.15) is 18.5 Å². The maximum atomic E-state index is 12.0. The minimum Gasteiger partial charge on any atom is -0.480 e. The van der Waals surface area contributed by atoms with Crippen LogP contribution in [0, 0.1) is 0 Å². The predicted molar refractivity (Wildman–Crippen MR) is 79.5 cm³/mol. The van der Waals surface area contributed by atoms with Gasteiger partial charge in [-0.05, 0) is 24.6 Å². The van der Waals surface area contributed by atoms with Crippen LogP contribution < -0.4 is 11.1 Å². The second kappa shape index (κ2) is 7.63. The fraction of sp³-hybridized carbons (Fsp3) is 0.308. The van der Waals surface area contributed by atoms with E-state index in [0.29, 0.717) is 0 Å². The van der Waals surface area contributed by atoms with Gasteiger partial charge in [-0.1, -0.05) is 28.1 Å². The summed E-state index contributed by atoms with van der Waals surface area (Å²) in [5.41, 5.74) is 5.85. The lowest BCUT2D eigenvalue weighted by atomic mass is 10.1. The minimum absolute atomic E-state index is 0.348. The molecule has 1 atom stereocenters. The highest BCUT2D eigenvalue weighted by Gasteiger charge is 2.20. The summed E-state index contributed by atoms with van der Waals surface area (Å²) in [4.78, 5) is 34.5. The molecule has 0 fully saturated rings. The van der Waals surface area contributed by atoms with Gasteiger partial charge in [-0.3, -0.25) is 9.59 Å². The van der Waals surface area contributed by atoms with Crippen molar-refractivity contribution in [2.75, 3.05) is 13.1 Å². The lowest BCUT2D eigenvalue weighted by Gasteiger charge is -2.22. The Bertz CT molecular complexity index is 534. The second-order valence-electron chi connectivity index (χ2n) is 4.44. The van der Waals surface area contributed by atoms with Crippen molar-refractivity contribution < 1.29 is 19.5 Å². The lowest BCUT2D eigenvalue weighted by molar-refractivity contribution is -0.137. The van der Waals surface area contributed by atoms with Crippen molar-refractivity contribution in [3.8, 4) is 0 Å². The SMILES string of the molecule is CC(NC(=O)N(CC(N)=O)CC(=O)O)c1cccc(Br)c1. The second-order valence-corrected chi connectivity index (χ2v) is 5.36. The number of carbonyl (C=O) groups is 3. The molecule has 0 aliphatic rings. The molecule has 1 aromatic carbocycles. The van der Waals surface area contributed by atoms with Crippen LogP contribution in [0.3, 0.4) is 0 Å². The molecule has 3 amide bonds. The number of primary amides is 1. The number of hydrogen-bond acceptors (Lipinski definition) is 3. The van der Waals surface area contributed by atoms with Gasteiger partial charge in [-0.25, -0.2) is 4.79 Å². The smallest absolute Gasteiger partial charge is 0.323 e. The first-order chi connectivity index (χ1) is 9.79. The van der Waals surface area contributed by atoms with Crippen LogP contribution in [0.2, 0.25) is 0 Å². The zero-order valence-corrected chi connectivity index (χ0v) is 13.0. The monoisotopic (exact) mass is 357 g/mol. The largest absolute Gasteiger partial charge is 0.480 e. The van der Waals surface area contributed by atoms with Gasteiger partial charge in [0.1, 0.15) is 13.1 Å². The molecule has 0 aliphatic carbocycles. The zero-order valence-electron chi connectivity index (χ0n) is 11.4. The third-order valence-electron chi connectivity index (χ3n) is 2.65. The van der Waals surface area contributed by atoms with Gasteiger partial charge >= 0.3 is 12.0 Å². The number of benzene rings is 1. The first kappa shape index (κ1) is 17.0. The van der Waals surface area contributed by atoms with Gasteiger partial charge in [0, 0.05) is 4.47 Å². The fourth-order valence-electron chi connectivity index (χ4n) is 1.69. The minimum atomic E-state index is -1.22. The number of nitrogens with one attached hydrogen (secondary N) is 1. The maximum Gasteiger partial charge on any atom is 0.323 e. The standard InChI is InChI=1S/C13H16BrN3O4/c1-8(9-3-2-4-10(14)5-9)16-13(21)17(6-11(15)18)7-12(19)20/h2-5,8H,6-7H2,1H3,(H2,15,18)(H,16,21)(H,19,20). The molecular formula is C13H16BrN3O4. The first-order valence-electron chi connectivity index (χ1n) is 6.10. The number of carboxylic acids is 1. The van der Waals surface area contributed by atoms with Crippen molar-refractivity contribution in [2.45, 2.75) is 13.0 Å². The molecule has 0 spiro atoms. The van der Waals surface area contributed by atoms with E-state index in [1.807, 2.05) is 24.3 Å². The zero-order chi connectivity index (χ0) is 16.0. The van der Waals surface area contributed by atoms with E-state index in [4.69, 9.17) is 10.8 Å². The van der Waals surface area contributed by atoms with Crippen LogP contribution in [0.25, 0.3) is 0 Å². The van der Waals surface area contributed by atoms with E-state index < -0.39 is 31.0 Å². The summed E-state index contributed by atoms with van der Waals surface area (Å²) in [6.07, 6.45) is 0. The molecule has 8 heteroatoms. The molecule has 7 nitrogen and oxygen atoms in total. The lowest BCUT2D eigenvalue weighted by Crippen LogP contribution is -2.47. The van der Waals surface area contributed by atoms with Crippen LogP contribution in [0.4, 0.5) is 4.79 Å². The Balaban J connectivity index is 2.75. The number of hydrogen-bond donors (Lipinski definition) is 3. The molecule has 1 unspecified atom stereocenters. The number of carboxylic acid groups (broad SMARTS) is 1. The number of urea groups is 1. The normalized spacial score (nSPS) is 11.5. The van der Waals surface area contributed by atoms with Crippen LogP contribution in [-0.2, 0) is 9.59 Å². The Labute approximate surface area is 130 Å². The number of nitrogens with zero attached hydrogens (tertiary/aromatic N) is 1. The van der Waals surface area contributed by atoms with E-state index in [1.54, 1.807) is 6.92 Å². The molecule has 0 bridgehead atoms. The first-order valence-corrected chi connectivity index (χ1v) is 6.90. The van der Waals surface area contributed by atoms with Crippen molar-refractivity contribution in [2.24, 2.45) is 5.73 Å². The molecule has 0 saturated carbocycles. The number of carbonyl (C=O) groups excluding carboxylic acids is 2. The van der Waals surface area contributed by atoms with Crippen molar-refractivity contribution in [1.82, 2.24) is 10.2 Å². The molecule has 4 N–H and O–H groups in total. The summed E-state index contributed by atoms with van der Waals surface area (Å²) in [6.45, 7) is 0.701. The molecule has 0 aromatic heterocycles. The van der Waals surface area contributed by atoms with E-state index in [-0.39, 0.29) is 6.04 Å². The van der Waals surface area contributed by atoms with Gasteiger partial charge in [0.15, 0.2) is 0 Å². The van der Waals surface area contributed by atoms with E-state index in [1.165, 1.54) is 0 Å². The molecule has 0 radical (unpaired) electrons. The molecule has 114 valence electrons. The fourth-order valence-corrected chi connectivity index (χ4v) is 2.10. The van der Waals surface area contributed by atoms with E-state index in [0.717, 1.165) is 14.9 Å². The van der Waals surface area contributed by atoms with Crippen molar-refractivity contribution in [3.63, 3.8) is 0 Å². The Kier molecular flexibility index (Phi) is 6.16. The predicted octanol–water partition coefficient (Wildman–Crippen LogP) is 1.09. The molecular weight excluding hydrogens is 342 g/mol. The van der Waals surface area contributed by atoms with Gasteiger partial charge in [0.05, 0.1) is 6.04 Å². The van der Waals surface area contributed by atoms with E-state index >= 15 is 0 Å². The number of halogens is 1. The summed E-state index contributed by atoms with van der Waals surface area (Å²) in [5, 5.41) is 11.4. The molecule has 1 aromatic rings. The summed E-state index contributed by atoms with van der Waals surface area (Å²) < 4.78 is 0.862. The maximum absolute atomic E-state index is 12.0. The Morgan fingerprint density at radius 2 is 2.05 bits per heavy atom. The summed E-state index contributed by atoms with van der Waals surface area (Å²) >= 11 is 3.33. The summed E-state index contributed by atoms with van der Waals surface area (Å²) in [7, 11) is 0. The third kappa shape index (κ3) is 5.82. The van der Waals surface area contributed by atoms with Gasteiger partial charge in [0.25, 0.3) is 0 Å². The third-order valence-corrected chi connectivity index (χ3v) is 3.14. The quantitative estimate of drug-likeness (QED) is 0.707. The van der Waals surface area contributed by atoms with Crippen molar-refractivity contribution in [1.29, 1.82) is 0 Å². The Morgan fingerprint density at radius 3 is 2.57 bits per heavy atom. The molecule has 0 heterocycles. The van der Waals surface area contributed by atoms with E-state index in [2.05, 4.69) is 21.2 Å². The Morgan fingerprint density at radius 1 is 1.38 bits per heavy atom. The summed E-state index contributed by atoms with van der Waals surface area (Å²) in [5.74, 6) is -2.00. The van der Waals surface area contributed by atoms with Crippen LogP contribution in [0.15, 0.2) is 28.7 Å². The Hall–Kier alpha value is -2.09. The van der Waals surface area contributed by atoms with Crippen LogP contribution in [0.5, 0.6) is 0 Å². The van der Waals surface area contributed by atoms with Gasteiger partial charge in [-0.15, -0.1) is 0 Å². The molecule has 0 aliphatic heterocycles. The van der Waals surface area contributed by atoms with Gasteiger partial charge in [0.2, 0.25) is 5.91 Å². The molecule has 1 rings (SSSR count). The average molecular weight is 358 g/mol. The highest BCUT2D eigenvalue weighted by Crippen LogP contribution is 2.17. The average Bonchev–Trinajstić information content (AvgIpc) is 2.36. The number of nitrogens with two attached hydrogens (primary N) is 1. The van der Waals surface area contributed by atoms with Gasteiger partial charge < -0.3 is 21.1 Å². The van der Waals surface area contributed by atoms with Crippen molar-refractivity contribution in [3.05, 3.63) is 34.3 Å². The van der Waals surface area contributed by atoms with Crippen LogP contribution in [-0.4, -0.2) is 41.0 Å². The highest BCUT2D eigenvalue weighted by molar-refractivity contribution is 9.10. The number of aliphatic carboxylic acids is 1. The van der Waals surface area contributed by atoms with Crippen molar-refractivity contribution >= 4 is 33.8 Å². The molecule has 0 saturated heterocycles. The topological polar surface area (TPSA) is 113 Å². The van der Waals surface area contributed by atoms with E-state index in [9.17, 15) is 14.4 Å². The molecule has 21 heavy (non-hydrogen) atoms. The highest BCUT2D eigenvalue weighted by atomic mass is 79.9. The number of rotatable bonds is 6. The number of amides is 3. The van der Waals surface area contributed by atoms with Gasteiger partial charge in [-0.2, -0.15) is 0 Å². The van der Waals surface area contributed by atoms with Crippen LogP contribution >= 0.6 is 15.9 Å². The summed E-state index contributed by atoms with van der Waals surface area (Å²) in [6, 6.07) is 6.32.